The van der Waals surface area contributed by atoms with Gasteiger partial charge in [0.25, 0.3) is 0 Å². The quantitative estimate of drug-likeness (QED) is 0.477. The lowest BCUT2D eigenvalue weighted by atomic mass is 9.76. The predicted octanol–water partition coefficient (Wildman–Crippen LogP) is 5.46. The van der Waals surface area contributed by atoms with Gasteiger partial charge in [-0.25, -0.2) is 0 Å². The van der Waals surface area contributed by atoms with Crippen molar-refractivity contribution in [3.05, 3.63) is 29.3 Å². The van der Waals surface area contributed by atoms with Gasteiger partial charge in [0, 0.05) is 12.0 Å². The highest BCUT2D eigenvalue weighted by atomic mass is 16.5. The summed E-state index contributed by atoms with van der Waals surface area (Å²) in [6.07, 6.45) is 8.16. The first-order chi connectivity index (χ1) is 9.78. The Bertz CT molecular complexity index is 503. The van der Waals surface area contributed by atoms with Crippen LogP contribution in [0.25, 0.3) is 0 Å². The van der Waals surface area contributed by atoms with Crippen molar-refractivity contribution in [3.8, 4) is 18.1 Å². The first-order valence-electron chi connectivity index (χ1n) is 7.99. The summed E-state index contributed by atoms with van der Waals surface area (Å²) in [5, 5.41) is 0. The topological polar surface area (TPSA) is 9.23 Å². The van der Waals surface area contributed by atoms with Gasteiger partial charge in [-0.05, 0) is 35.3 Å². The molecule has 0 heterocycles. The highest BCUT2D eigenvalue weighted by Gasteiger charge is 2.26. The number of hydrogen-bond acceptors (Lipinski definition) is 1. The molecule has 21 heavy (non-hydrogen) atoms. The second kappa shape index (κ2) is 7.03. The average Bonchev–Trinajstić information content (AvgIpc) is 2.47. The molecule has 0 unspecified atom stereocenters. The van der Waals surface area contributed by atoms with Crippen LogP contribution in [0.15, 0.2) is 18.2 Å². The zero-order chi connectivity index (χ0) is 16.1. The van der Waals surface area contributed by atoms with Gasteiger partial charge in [-0.1, -0.05) is 53.7 Å². The van der Waals surface area contributed by atoms with Crippen LogP contribution in [-0.4, -0.2) is 6.61 Å². The Hall–Kier alpha value is -1.42. The van der Waals surface area contributed by atoms with Crippen LogP contribution in [0.1, 0.15) is 71.9 Å². The molecule has 116 valence electrons. The summed E-state index contributed by atoms with van der Waals surface area (Å²) >= 11 is 0. The molecule has 0 aliphatic carbocycles. The molecule has 0 fully saturated rings. The molecule has 1 nitrogen and oxygen atoms in total. The van der Waals surface area contributed by atoms with Crippen molar-refractivity contribution in [2.24, 2.45) is 0 Å². The largest absolute Gasteiger partial charge is 0.492 e. The summed E-state index contributed by atoms with van der Waals surface area (Å²) in [5.41, 5.74) is 2.97. The lowest BCUT2D eigenvalue weighted by Crippen LogP contribution is -2.21. The smallest absolute Gasteiger partial charge is 0.123 e. The van der Waals surface area contributed by atoms with E-state index in [0.717, 1.165) is 18.6 Å². The fourth-order valence-electron chi connectivity index (χ4n) is 2.22. The van der Waals surface area contributed by atoms with Crippen molar-refractivity contribution in [2.45, 2.75) is 71.6 Å². The van der Waals surface area contributed by atoms with E-state index in [1.807, 2.05) is 0 Å². The Balaban J connectivity index is 3.24. The fourth-order valence-corrected chi connectivity index (χ4v) is 2.22. The van der Waals surface area contributed by atoms with Crippen LogP contribution in [0.3, 0.4) is 0 Å². The minimum Gasteiger partial charge on any atom is -0.492 e. The third kappa shape index (κ3) is 4.27. The van der Waals surface area contributed by atoms with Gasteiger partial charge in [0.15, 0.2) is 0 Å². The van der Waals surface area contributed by atoms with Crippen molar-refractivity contribution in [3.63, 3.8) is 0 Å². The van der Waals surface area contributed by atoms with Crippen LogP contribution in [0, 0.1) is 12.3 Å². The van der Waals surface area contributed by atoms with Crippen LogP contribution in [-0.2, 0) is 10.8 Å². The monoisotopic (exact) mass is 286 g/mol. The summed E-state index contributed by atoms with van der Waals surface area (Å²) in [4.78, 5) is 0. The van der Waals surface area contributed by atoms with Crippen molar-refractivity contribution < 1.29 is 4.74 Å². The zero-order valence-corrected chi connectivity index (χ0v) is 14.5. The molecule has 1 aromatic rings. The van der Waals surface area contributed by atoms with E-state index in [4.69, 9.17) is 11.2 Å². The van der Waals surface area contributed by atoms with Crippen LogP contribution in [0.2, 0.25) is 0 Å². The number of ether oxygens (including phenoxy) is 1. The lowest BCUT2D eigenvalue weighted by Gasteiger charge is -2.30. The first kappa shape index (κ1) is 17.6. The standard InChI is InChI=1S/C20H30O/c1-8-11-14-21-18-13-12-16(19(4,5)9-2)15-17(18)20(6,7)10-3/h1,12-13,15H,9-11,14H2,2-7H3. The molecule has 0 aliphatic rings. The normalized spacial score (nSPS) is 12.0. The highest BCUT2D eigenvalue weighted by Crippen LogP contribution is 2.38. The summed E-state index contributed by atoms with van der Waals surface area (Å²) in [7, 11) is 0. The third-order valence-corrected chi connectivity index (χ3v) is 4.76. The van der Waals surface area contributed by atoms with Gasteiger partial charge in [0.2, 0.25) is 0 Å². The molecule has 0 amide bonds. The van der Waals surface area contributed by atoms with E-state index in [-0.39, 0.29) is 10.8 Å². The fraction of sp³-hybridized carbons (Fsp3) is 0.600. The molecule has 1 heteroatoms. The summed E-state index contributed by atoms with van der Waals surface area (Å²) in [6, 6.07) is 6.65. The van der Waals surface area contributed by atoms with Gasteiger partial charge in [0.05, 0.1) is 6.61 Å². The second-order valence-corrected chi connectivity index (χ2v) is 6.99. The van der Waals surface area contributed by atoms with Crippen molar-refractivity contribution >= 4 is 0 Å². The van der Waals surface area contributed by atoms with E-state index in [1.54, 1.807) is 0 Å². The summed E-state index contributed by atoms with van der Waals surface area (Å²) < 4.78 is 5.92. The Kier molecular flexibility index (Phi) is 5.90. The minimum absolute atomic E-state index is 0.102. The van der Waals surface area contributed by atoms with E-state index >= 15 is 0 Å². The first-order valence-corrected chi connectivity index (χ1v) is 7.99. The van der Waals surface area contributed by atoms with Gasteiger partial charge >= 0.3 is 0 Å². The summed E-state index contributed by atoms with van der Waals surface area (Å²) in [5.74, 6) is 3.61. The van der Waals surface area contributed by atoms with Crippen molar-refractivity contribution in [2.75, 3.05) is 6.61 Å². The third-order valence-electron chi connectivity index (χ3n) is 4.76. The SMILES string of the molecule is C#CCCOc1ccc(C(C)(C)CC)cc1C(C)(C)CC. The van der Waals surface area contributed by atoms with Gasteiger partial charge in [-0.15, -0.1) is 12.3 Å². The molecule has 0 aliphatic heterocycles. The van der Waals surface area contributed by atoms with E-state index < -0.39 is 0 Å². The number of hydrogen-bond donors (Lipinski definition) is 0. The molecule has 0 bridgehead atoms. The maximum Gasteiger partial charge on any atom is 0.123 e. The molecule has 0 atom stereocenters. The molecule has 0 spiro atoms. The van der Waals surface area contributed by atoms with Crippen molar-refractivity contribution in [1.29, 1.82) is 0 Å². The highest BCUT2D eigenvalue weighted by molar-refractivity contribution is 5.44. The Morgan fingerprint density at radius 2 is 1.67 bits per heavy atom. The van der Waals surface area contributed by atoms with Gasteiger partial charge < -0.3 is 4.74 Å². The molecule has 0 radical (unpaired) electrons. The molecular formula is C20H30O. The van der Waals surface area contributed by atoms with Gasteiger partial charge in [-0.2, -0.15) is 0 Å². The Morgan fingerprint density at radius 3 is 2.19 bits per heavy atom. The predicted molar refractivity (Wildman–Crippen MR) is 92.0 cm³/mol. The average molecular weight is 286 g/mol. The van der Waals surface area contributed by atoms with Crippen LogP contribution < -0.4 is 4.74 Å². The van der Waals surface area contributed by atoms with Crippen molar-refractivity contribution in [1.82, 2.24) is 0 Å². The Morgan fingerprint density at radius 1 is 1.05 bits per heavy atom. The molecule has 1 aromatic carbocycles. The lowest BCUT2D eigenvalue weighted by molar-refractivity contribution is 0.314. The number of terminal acetylenes is 1. The summed E-state index contributed by atoms with van der Waals surface area (Å²) in [6.45, 7) is 14.2. The van der Waals surface area contributed by atoms with Crippen LogP contribution in [0.4, 0.5) is 0 Å². The van der Waals surface area contributed by atoms with Crippen LogP contribution >= 0.6 is 0 Å². The Labute approximate surface area is 131 Å². The van der Waals surface area contributed by atoms with E-state index in [0.29, 0.717) is 13.0 Å². The number of rotatable bonds is 7. The van der Waals surface area contributed by atoms with E-state index in [1.165, 1.54) is 11.1 Å². The zero-order valence-electron chi connectivity index (χ0n) is 14.5. The molecular weight excluding hydrogens is 256 g/mol. The van der Waals surface area contributed by atoms with E-state index in [2.05, 4.69) is 65.7 Å². The molecule has 0 aromatic heterocycles. The maximum atomic E-state index is 5.92. The van der Waals surface area contributed by atoms with Gasteiger partial charge in [-0.3, -0.25) is 0 Å². The van der Waals surface area contributed by atoms with E-state index in [9.17, 15) is 0 Å². The minimum atomic E-state index is 0.102. The van der Waals surface area contributed by atoms with Gasteiger partial charge in [0.1, 0.15) is 5.75 Å². The maximum absolute atomic E-state index is 5.92. The van der Waals surface area contributed by atoms with Crippen LogP contribution in [0.5, 0.6) is 5.75 Å². The molecule has 0 saturated carbocycles. The molecule has 0 saturated heterocycles. The molecule has 1 rings (SSSR count). The molecule has 0 N–H and O–H groups in total. The number of benzene rings is 1. The second-order valence-electron chi connectivity index (χ2n) is 6.99.